The van der Waals surface area contributed by atoms with Crippen molar-refractivity contribution >= 4 is 23.4 Å². The second kappa shape index (κ2) is 6.93. The molecule has 1 aromatic rings. The first-order valence-corrected chi connectivity index (χ1v) is 7.63. The third-order valence-corrected chi connectivity index (χ3v) is 4.30. The Balaban J connectivity index is 2.17. The first-order chi connectivity index (χ1) is 9.24. The molecule has 19 heavy (non-hydrogen) atoms. The van der Waals surface area contributed by atoms with Crippen LogP contribution in [0.1, 0.15) is 19.2 Å². The number of nitrogens with one attached hydrogen (secondary N) is 1. The van der Waals surface area contributed by atoms with Crippen LogP contribution in [0.2, 0.25) is 0 Å². The van der Waals surface area contributed by atoms with Gasteiger partial charge in [-0.2, -0.15) is 11.8 Å². The first kappa shape index (κ1) is 14.4. The van der Waals surface area contributed by atoms with Gasteiger partial charge in [-0.3, -0.25) is 0 Å². The molecule has 6 nitrogen and oxygen atoms in total. The summed E-state index contributed by atoms with van der Waals surface area (Å²) >= 11 is 1.98. The lowest BCUT2D eigenvalue weighted by atomic mass is 10.2. The molecule has 0 radical (unpaired) electrons. The zero-order valence-corrected chi connectivity index (χ0v) is 12.2. The standard InChI is InChI=1S/C12H21N5OS/c1-3-18-7-11-14-10(16-13)6-12(15-11)17(2)9-4-5-19-8-9/h6,9H,3-5,7-8,13H2,1-2H3,(H,14,15,16). The predicted molar refractivity (Wildman–Crippen MR) is 79.3 cm³/mol. The van der Waals surface area contributed by atoms with E-state index in [2.05, 4.69) is 27.3 Å². The molecule has 1 unspecified atom stereocenters. The summed E-state index contributed by atoms with van der Waals surface area (Å²) < 4.78 is 5.36. The number of nitrogen functional groups attached to an aromatic ring is 1. The second-order valence-corrected chi connectivity index (χ2v) is 5.59. The number of hydrogen-bond donors (Lipinski definition) is 2. The molecule has 7 heteroatoms. The maximum atomic E-state index is 5.47. The van der Waals surface area contributed by atoms with Gasteiger partial charge in [0.2, 0.25) is 0 Å². The minimum Gasteiger partial charge on any atom is -0.374 e. The van der Waals surface area contributed by atoms with Crippen LogP contribution in [0.3, 0.4) is 0 Å². The van der Waals surface area contributed by atoms with Crippen molar-refractivity contribution in [2.24, 2.45) is 5.84 Å². The Morgan fingerprint density at radius 3 is 3.05 bits per heavy atom. The fourth-order valence-electron chi connectivity index (χ4n) is 2.01. The van der Waals surface area contributed by atoms with Crippen molar-refractivity contribution in [2.75, 3.05) is 35.5 Å². The number of ether oxygens (including phenoxy) is 1. The van der Waals surface area contributed by atoms with Gasteiger partial charge in [0.05, 0.1) is 0 Å². The van der Waals surface area contributed by atoms with Crippen molar-refractivity contribution in [1.29, 1.82) is 0 Å². The molecular weight excluding hydrogens is 262 g/mol. The topological polar surface area (TPSA) is 76.3 Å². The first-order valence-electron chi connectivity index (χ1n) is 6.47. The number of hydrogen-bond acceptors (Lipinski definition) is 7. The van der Waals surface area contributed by atoms with Crippen LogP contribution in [0.5, 0.6) is 0 Å². The van der Waals surface area contributed by atoms with Gasteiger partial charge in [0.25, 0.3) is 0 Å². The normalized spacial score (nSPS) is 18.6. The van der Waals surface area contributed by atoms with E-state index in [0.717, 1.165) is 11.6 Å². The van der Waals surface area contributed by atoms with E-state index in [1.807, 2.05) is 24.8 Å². The molecule has 0 amide bonds. The van der Waals surface area contributed by atoms with Gasteiger partial charge in [0, 0.05) is 31.5 Å². The monoisotopic (exact) mass is 283 g/mol. The highest BCUT2D eigenvalue weighted by Crippen LogP contribution is 2.25. The average Bonchev–Trinajstić information content (AvgIpc) is 2.98. The lowest BCUT2D eigenvalue weighted by molar-refractivity contribution is 0.128. The predicted octanol–water partition coefficient (Wildman–Crippen LogP) is 1.24. The number of nitrogens with two attached hydrogens (primary N) is 1. The van der Waals surface area contributed by atoms with Crippen LogP contribution in [0.25, 0.3) is 0 Å². The summed E-state index contributed by atoms with van der Waals surface area (Å²) in [5.74, 6) is 10.0. The highest BCUT2D eigenvalue weighted by molar-refractivity contribution is 7.99. The van der Waals surface area contributed by atoms with E-state index in [1.54, 1.807) is 0 Å². The van der Waals surface area contributed by atoms with Crippen LogP contribution in [0.4, 0.5) is 11.6 Å². The molecule has 1 aliphatic heterocycles. The van der Waals surface area contributed by atoms with Crippen molar-refractivity contribution in [3.63, 3.8) is 0 Å². The Kier molecular flexibility index (Phi) is 5.24. The van der Waals surface area contributed by atoms with Crippen LogP contribution in [-0.4, -0.2) is 41.2 Å². The Labute approximate surface area is 118 Å². The molecule has 1 fully saturated rings. The van der Waals surface area contributed by atoms with Gasteiger partial charge < -0.3 is 15.1 Å². The minimum atomic E-state index is 0.409. The van der Waals surface area contributed by atoms with Crippen molar-refractivity contribution < 1.29 is 4.74 Å². The van der Waals surface area contributed by atoms with E-state index in [4.69, 9.17) is 10.6 Å². The highest BCUT2D eigenvalue weighted by Gasteiger charge is 2.22. The molecule has 3 N–H and O–H groups in total. The summed E-state index contributed by atoms with van der Waals surface area (Å²) in [4.78, 5) is 11.0. The van der Waals surface area contributed by atoms with Gasteiger partial charge in [-0.25, -0.2) is 15.8 Å². The number of aromatic nitrogens is 2. The zero-order chi connectivity index (χ0) is 13.7. The van der Waals surface area contributed by atoms with Gasteiger partial charge in [0.1, 0.15) is 18.2 Å². The number of hydrazine groups is 1. The quantitative estimate of drug-likeness (QED) is 0.601. The molecule has 2 rings (SSSR count). The third kappa shape index (κ3) is 3.71. The summed E-state index contributed by atoms with van der Waals surface area (Å²) in [5.41, 5.74) is 2.59. The Hall–Kier alpha value is -1.05. The lowest BCUT2D eigenvalue weighted by Gasteiger charge is -2.25. The molecule has 106 valence electrons. The second-order valence-electron chi connectivity index (χ2n) is 4.44. The fourth-order valence-corrected chi connectivity index (χ4v) is 3.28. The Morgan fingerprint density at radius 1 is 1.58 bits per heavy atom. The lowest BCUT2D eigenvalue weighted by Crippen LogP contribution is -2.32. The van der Waals surface area contributed by atoms with Crippen molar-refractivity contribution in [1.82, 2.24) is 9.97 Å². The number of anilines is 2. The van der Waals surface area contributed by atoms with Crippen LogP contribution in [0.15, 0.2) is 6.07 Å². The third-order valence-electron chi connectivity index (χ3n) is 3.16. The highest BCUT2D eigenvalue weighted by atomic mass is 32.2. The van der Waals surface area contributed by atoms with Gasteiger partial charge in [-0.1, -0.05) is 0 Å². The van der Waals surface area contributed by atoms with Crippen molar-refractivity contribution in [3.8, 4) is 0 Å². The summed E-state index contributed by atoms with van der Waals surface area (Å²) in [6.45, 7) is 3.01. The van der Waals surface area contributed by atoms with Crippen molar-refractivity contribution in [2.45, 2.75) is 26.0 Å². The summed E-state index contributed by atoms with van der Waals surface area (Å²) in [5, 5.41) is 0. The molecule has 1 aliphatic rings. The van der Waals surface area contributed by atoms with E-state index >= 15 is 0 Å². The van der Waals surface area contributed by atoms with Crippen LogP contribution >= 0.6 is 11.8 Å². The van der Waals surface area contributed by atoms with Gasteiger partial charge >= 0.3 is 0 Å². The van der Waals surface area contributed by atoms with Gasteiger partial charge in [-0.15, -0.1) is 0 Å². The summed E-state index contributed by atoms with van der Waals surface area (Å²) in [6, 6.07) is 2.41. The van der Waals surface area contributed by atoms with Crippen LogP contribution < -0.4 is 16.2 Å². The molecule has 0 spiro atoms. The fraction of sp³-hybridized carbons (Fsp3) is 0.667. The molecule has 0 saturated carbocycles. The Bertz CT molecular complexity index is 411. The molecule has 1 aromatic heterocycles. The van der Waals surface area contributed by atoms with E-state index in [9.17, 15) is 0 Å². The molecule has 0 bridgehead atoms. The Morgan fingerprint density at radius 2 is 2.42 bits per heavy atom. The van der Waals surface area contributed by atoms with E-state index in [-0.39, 0.29) is 0 Å². The van der Waals surface area contributed by atoms with Gasteiger partial charge in [0.15, 0.2) is 5.82 Å². The number of thioether (sulfide) groups is 1. The van der Waals surface area contributed by atoms with Crippen LogP contribution in [-0.2, 0) is 11.3 Å². The van der Waals surface area contributed by atoms with E-state index in [1.165, 1.54) is 12.2 Å². The van der Waals surface area contributed by atoms with E-state index in [0.29, 0.717) is 30.9 Å². The summed E-state index contributed by atoms with van der Waals surface area (Å²) in [6.07, 6.45) is 1.19. The average molecular weight is 283 g/mol. The molecule has 0 aromatic carbocycles. The largest absolute Gasteiger partial charge is 0.374 e. The van der Waals surface area contributed by atoms with Crippen molar-refractivity contribution in [3.05, 3.63) is 11.9 Å². The maximum Gasteiger partial charge on any atom is 0.158 e. The minimum absolute atomic E-state index is 0.409. The SMILES string of the molecule is CCOCc1nc(NN)cc(N(C)C2CCSC2)n1. The molecule has 0 aliphatic carbocycles. The molecule has 2 heterocycles. The zero-order valence-electron chi connectivity index (χ0n) is 11.4. The van der Waals surface area contributed by atoms with Crippen LogP contribution in [0, 0.1) is 0 Å². The van der Waals surface area contributed by atoms with Gasteiger partial charge in [-0.05, 0) is 19.1 Å². The van der Waals surface area contributed by atoms with E-state index < -0.39 is 0 Å². The molecular formula is C12H21N5OS. The summed E-state index contributed by atoms with van der Waals surface area (Å²) in [7, 11) is 2.07. The number of rotatable bonds is 6. The maximum absolute atomic E-state index is 5.47. The molecule has 1 atom stereocenters. The number of nitrogens with zero attached hydrogens (tertiary/aromatic N) is 3. The smallest absolute Gasteiger partial charge is 0.158 e. The molecule has 1 saturated heterocycles.